The van der Waals surface area contributed by atoms with Crippen molar-refractivity contribution >= 4 is 29.9 Å². The quantitative estimate of drug-likeness (QED) is 0.334. The van der Waals surface area contributed by atoms with E-state index in [1.165, 1.54) is 37.7 Å². The van der Waals surface area contributed by atoms with Crippen molar-refractivity contribution in [1.82, 2.24) is 5.32 Å². The minimum Gasteiger partial charge on any atom is -0.493 e. The number of rotatable bonds is 9. The first-order valence-corrected chi connectivity index (χ1v) is 8.87. The van der Waals surface area contributed by atoms with Gasteiger partial charge >= 0.3 is 0 Å². The lowest BCUT2D eigenvalue weighted by molar-refractivity contribution is 0.130. The average molecular weight is 461 g/mol. The fourth-order valence-corrected chi connectivity index (χ4v) is 3.37. The monoisotopic (exact) mass is 461 g/mol. The van der Waals surface area contributed by atoms with Gasteiger partial charge in [-0.25, -0.2) is 0 Å². The molecule has 0 radical (unpaired) electrons. The Bertz CT molecular complexity index is 560. The molecule has 1 aromatic rings. The van der Waals surface area contributed by atoms with Crippen LogP contribution in [0.1, 0.15) is 44.6 Å². The molecule has 5 nitrogen and oxygen atoms in total. The van der Waals surface area contributed by atoms with Gasteiger partial charge in [0, 0.05) is 13.1 Å². The van der Waals surface area contributed by atoms with Crippen LogP contribution >= 0.6 is 24.0 Å². The Morgan fingerprint density at radius 1 is 1.24 bits per heavy atom. The van der Waals surface area contributed by atoms with E-state index in [4.69, 9.17) is 15.2 Å². The molecule has 0 aromatic heterocycles. The summed E-state index contributed by atoms with van der Waals surface area (Å²) in [5.41, 5.74) is 7.61. The Labute approximate surface area is 168 Å². The smallest absolute Gasteiger partial charge is 0.188 e. The first kappa shape index (κ1) is 21.9. The zero-order valence-electron chi connectivity index (χ0n) is 15.6. The zero-order chi connectivity index (χ0) is 17.4. The standard InChI is InChI=1S/C19H31N3O2.HI/c1-4-9-19(10-5-11-19)14-22-18(20)21-12-8-15-6-7-16(23-2)17(13-15)24-3;/h6-7,13H,4-5,8-12,14H2,1-3H3,(H3,20,21,22);1H. The van der Waals surface area contributed by atoms with Crippen molar-refractivity contribution in [3.8, 4) is 11.5 Å². The number of methoxy groups -OCH3 is 2. The van der Waals surface area contributed by atoms with Crippen LogP contribution in [0.2, 0.25) is 0 Å². The van der Waals surface area contributed by atoms with Gasteiger partial charge in [0.1, 0.15) is 0 Å². The van der Waals surface area contributed by atoms with E-state index in [1.54, 1.807) is 14.2 Å². The summed E-state index contributed by atoms with van der Waals surface area (Å²) in [6.07, 6.45) is 7.27. The SMILES string of the molecule is CCCC1(CN=C(N)NCCc2ccc(OC)c(OC)c2)CCC1.I. The number of ether oxygens (including phenoxy) is 2. The maximum Gasteiger partial charge on any atom is 0.188 e. The topological polar surface area (TPSA) is 68.9 Å². The number of nitrogens with one attached hydrogen (secondary N) is 1. The number of halogens is 1. The van der Waals surface area contributed by atoms with Crippen molar-refractivity contribution < 1.29 is 9.47 Å². The molecule has 0 spiro atoms. The molecule has 6 heteroatoms. The van der Waals surface area contributed by atoms with Gasteiger partial charge in [0.25, 0.3) is 0 Å². The molecule has 0 amide bonds. The van der Waals surface area contributed by atoms with E-state index < -0.39 is 0 Å². The Kier molecular flexibility index (Phi) is 9.38. The van der Waals surface area contributed by atoms with E-state index in [0.717, 1.165) is 31.0 Å². The van der Waals surface area contributed by atoms with E-state index in [1.807, 2.05) is 18.2 Å². The van der Waals surface area contributed by atoms with Gasteiger partial charge in [-0.3, -0.25) is 4.99 Å². The van der Waals surface area contributed by atoms with E-state index in [0.29, 0.717) is 11.4 Å². The third kappa shape index (κ3) is 6.24. The van der Waals surface area contributed by atoms with Gasteiger partial charge in [-0.15, -0.1) is 24.0 Å². The number of guanidine groups is 1. The number of hydrogen-bond acceptors (Lipinski definition) is 3. The molecule has 1 saturated carbocycles. The highest BCUT2D eigenvalue weighted by atomic mass is 127. The van der Waals surface area contributed by atoms with Gasteiger partial charge < -0.3 is 20.5 Å². The number of nitrogens with two attached hydrogens (primary N) is 1. The van der Waals surface area contributed by atoms with Gasteiger partial charge in [-0.1, -0.05) is 25.8 Å². The lowest BCUT2D eigenvalue weighted by atomic mass is 9.66. The minimum absolute atomic E-state index is 0. The van der Waals surface area contributed by atoms with Gasteiger partial charge in [0.05, 0.1) is 14.2 Å². The van der Waals surface area contributed by atoms with Crippen LogP contribution in [0.25, 0.3) is 0 Å². The summed E-state index contributed by atoms with van der Waals surface area (Å²) in [6, 6.07) is 5.97. The third-order valence-corrected chi connectivity index (χ3v) is 4.95. The third-order valence-electron chi connectivity index (χ3n) is 4.95. The molecule has 0 heterocycles. The molecule has 2 rings (SSSR count). The van der Waals surface area contributed by atoms with Crippen molar-refractivity contribution in [3.05, 3.63) is 23.8 Å². The minimum atomic E-state index is 0. The first-order chi connectivity index (χ1) is 11.6. The maximum absolute atomic E-state index is 6.02. The number of aliphatic imine (C=N–C) groups is 1. The van der Waals surface area contributed by atoms with E-state index >= 15 is 0 Å². The predicted molar refractivity (Wildman–Crippen MR) is 114 cm³/mol. The fraction of sp³-hybridized carbons (Fsp3) is 0.632. The van der Waals surface area contributed by atoms with Crippen LogP contribution in [0.5, 0.6) is 11.5 Å². The lowest BCUT2D eigenvalue weighted by Gasteiger charge is -2.40. The maximum atomic E-state index is 6.02. The molecular weight excluding hydrogens is 429 g/mol. The lowest BCUT2D eigenvalue weighted by Crippen LogP contribution is -2.37. The van der Waals surface area contributed by atoms with Crippen LogP contribution in [0.3, 0.4) is 0 Å². The van der Waals surface area contributed by atoms with Crippen molar-refractivity contribution in [2.75, 3.05) is 27.3 Å². The second-order valence-electron chi connectivity index (χ2n) is 6.67. The molecule has 142 valence electrons. The normalized spacial score (nSPS) is 15.7. The second kappa shape index (κ2) is 10.7. The predicted octanol–water partition coefficient (Wildman–Crippen LogP) is 3.74. The van der Waals surface area contributed by atoms with Crippen LogP contribution in [-0.4, -0.2) is 33.3 Å². The summed E-state index contributed by atoms with van der Waals surface area (Å²) in [6.45, 7) is 3.86. The molecular formula is C19H32IN3O2. The highest BCUT2D eigenvalue weighted by Gasteiger charge is 2.35. The number of nitrogens with zero attached hydrogens (tertiary/aromatic N) is 1. The molecule has 0 saturated heterocycles. The second-order valence-corrected chi connectivity index (χ2v) is 6.67. The van der Waals surface area contributed by atoms with Gasteiger partial charge in [0.2, 0.25) is 0 Å². The molecule has 1 aliphatic rings. The van der Waals surface area contributed by atoms with Gasteiger partial charge in [-0.05, 0) is 48.8 Å². The zero-order valence-corrected chi connectivity index (χ0v) is 18.0. The average Bonchev–Trinajstić information content (AvgIpc) is 2.57. The molecule has 1 aliphatic carbocycles. The molecule has 0 atom stereocenters. The summed E-state index contributed by atoms with van der Waals surface area (Å²) in [7, 11) is 3.29. The summed E-state index contributed by atoms with van der Waals surface area (Å²) >= 11 is 0. The molecule has 1 aromatic carbocycles. The van der Waals surface area contributed by atoms with Gasteiger partial charge in [-0.2, -0.15) is 0 Å². The Balaban J connectivity index is 0.00000312. The van der Waals surface area contributed by atoms with E-state index in [-0.39, 0.29) is 24.0 Å². The molecule has 0 aliphatic heterocycles. The summed E-state index contributed by atoms with van der Waals surface area (Å²) in [5.74, 6) is 2.05. The van der Waals surface area contributed by atoms with Crippen LogP contribution in [0, 0.1) is 5.41 Å². The van der Waals surface area contributed by atoms with Crippen molar-refractivity contribution in [2.45, 2.75) is 45.4 Å². The molecule has 0 bridgehead atoms. The summed E-state index contributed by atoms with van der Waals surface area (Å²) < 4.78 is 10.6. The Morgan fingerprint density at radius 3 is 2.52 bits per heavy atom. The molecule has 0 unspecified atom stereocenters. The fourth-order valence-electron chi connectivity index (χ4n) is 3.37. The molecule has 1 fully saturated rings. The molecule has 25 heavy (non-hydrogen) atoms. The Hall–Kier alpha value is -1.18. The van der Waals surface area contributed by atoms with Crippen LogP contribution in [0.4, 0.5) is 0 Å². The van der Waals surface area contributed by atoms with Crippen molar-refractivity contribution in [2.24, 2.45) is 16.1 Å². The van der Waals surface area contributed by atoms with Crippen molar-refractivity contribution in [3.63, 3.8) is 0 Å². The number of benzene rings is 1. The number of hydrogen-bond donors (Lipinski definition) is 2. The van der Waals surface area contributed by atoms with Crippen LogP contribution < -0.4 is 20.5 Å². The van der Waals surface area contributed by atoms with Crippen LogP contribution in [-0.2, 0) is 6.42 Å². The first-order valence-electron chi connectivity index (χ1n) is 8.87. The summed E-state index contributed by atoms with van der Waals surface area (Å²) in [4.78, 5) is 4.57. The van der Waals surface area contributed by atoms with Crippen LogP contribution in [0.15, 0.2) is 23.2 Å². The highest BCUT2D eigenvalue weighted by Crippen LogP contribution is 2.44. The summed E-state index contributed by atoms with van der Waals surface area (Å²) in [5, 5.41) is 3.22. The van der Waals surface area contributed by atoms with E-state index in [2.05, 4.69) is 17.2 Å². The largest absolute Gasteiger partial charge is 0.493 e. The molecule has 3 N–H and O–H groups in total. The Morgan fingerprint density at radius 2 is 1.96 bits per heavy atom. The van der Waals surface area contributed by atoms with Gasteiger partial charge in [0.15, 0.2) is 17.5 Å². The van der Waals surface area contributed by atoms with E-state index in [9.17, 15) is 0 Å². The highest BCUT2D eigenvalue weighted by molar-refractivity contribution is 14.0. The van der Waals surface area contributed by atoms with Crippen molar-refractivity contribution in [1.29, 1.82) is 0 Å².